The Kier molecular flexibility index (Phi) is 5.66. The number of carbonyl (C=O) groups excluding carboxylic acids is 2. The van der Waals surface area contributed by atoms with Gasteiger partial charge >= 0.3 is 0 Å². The summed E-state index contributed by atoms with van der Waals surface area (Å²) in [6, 6.07) is 9.97. The van der Waals surface area contributed by atoms with E-state index in [9.17, 15) is 9.59 Å². The van der Waals surface area contributed by atoms with E-state index in [1.165, 1.54) is 16.7 Å². The number of piperazine rings is 1. The van der Waals surface area contributed by atoms with E-state index in [0.717, 1.165) is 6.42 Å². The highest BCUT2D eigenvalue weighted by Crippen LogP contribution is 2.13. The smallest absolute Gasteiger partial charge is 0.255 e. The summed E-state index contributed by atoms with van der Waals surface area (Å²) < 4.78 is 0. The van der Waals surface area contributed by atoms with Gasteiger partial charge in [-0.25, -0.2) is 0 Å². The zero-order valence-electron chi connectivity index (χ0n) is 15.4. The number of benzene rings is 1. The van der Waals surface area contributed by atoms with Crippen molar-refractivity contribution < 1.29 is 9.59 Å². The predicted molar refractivity (Wildman–Crippen MR) is 101 cm³/mol. The van der Waals surface area contributed by atoms with Gasteiger partial charge in [0.05, 0.1) is 5.56 Å². The van der Waals surface area contributed by atoms with Gasteiger partial charge in [0.25, 0.3) is 5.91 Å². The van der Waals surface area contributed by atoms with Gasteiger partial charge < -0.3 is 9.80 Å². The fourth-order valence-corrected chi connectivity index (χ4v) is 3.45. The van der Waals surface area contributed by atoms with E-state index in [4.69, 9.17) is 0 Å². The molecule has 26 heavy (non-hydrogen) atoms. The highest BCUT2D eigenvalue weighted by atomic mass is 16.2. The summed E-state index contributed by atoms with van der Waals surface area (Å²) in [4.78, 5) is 32.6. The van der Waals surface area contributed by atoms with Crippen molar-refractivity contribution in [3.8, 4) is 0 Å². The topological polar surface area (TPSA) is 53.5 Å². The minimum Gasteiger partial charge on any atom is -0.339 e. The zero-order valence-corrected chi connectivity index (χ0v) is 15.4. The third-order valence-electron chi connectivity index (χ3n) is 4.74. The first-order valence-electron chi connectivity index (χ1n) is 9.07. The summed E-state index contributed by atoms with van der Waals surface area (Å²) >= 11 is 0. The van der Waals surface area contributed by atoms with Crippen LogP contribution in [0.15, 0.2) is 42.7 Å². The molecule has 0 atom stereocenters. The molecule has 3 rings (SSSR count). The van der Waals surface area contributed by atoms with Crippen LogP contribution < -0.4 is 0 Å². The van der Waals surface area contributed by atoms with Crippen molar-refractivity contribution in [1.29, 1.82) is 0 Å². The van der Waals surface area contributed by atoms with Gasteiger partial charge in [-0.15, -0.1) is 0 Å². The van der Waals surface area contributed by atoms with Crippen LogP contribution in [0.3, 0.4) is 0 Å². The second-order valence-corrected chi connectivity index (χ2v) is 6.91. The van der Waals surface area contributed by atoms with Crippen molar-refractivity contribution in [3.05, 3.63) is 65.0 Å². The second-order valence-electron chi connectivity index (χ2n) is 6.91. The highest BCUT2D eigenvalue weighted by Gasteiger charge is 2.24. The molecule has 2 aromatic rings. The van der Waals surface area contributed by atoms with E-state index in [2.05, 4.69) is 37.0 Å². The lowest BCUT2D eigenvalue weighted by molar-refractivity contribution is -0.132. The van der Waals surface area contributed by atoms with E-state index >= 15 is 0 Å². The maximum atomic E-state index is 12.5. The summed E-state index contributed by atoms with van der Waals surface area (Å²) in [7, 11) is 0. The van der Waals surface area contributed by atoms with Gasteiger partial charge in [-0.2, -0.15) is 0 Å². The van der Waals surface area contributed by atoms with Crippen molar-refractivity contribution in [3.63, 3.8) is 0 Å². The first-order chi connectivity index (χ1) is 12.5. The molecule has 1 fully saturated rings. The summed E-state index contributed by atoms with van der Waals surface area (Å²) in [5.41, 5.74) is 4.27. The van der Waals surface area contributed by atoms with Crippen LogP contribution in [-0.4, -0.2) is 52.8 Å². The first kappa shape index (κ1) is 18.1. The number of amides is 2. The van der Waals surface area contributed by atoms with Crippen molar-refractivity contribution in [1.82, 2.24) is 14.8 Å². The van der Waals surface area contributed by atoms with E-state index in [1.54, 1.807) is 29.4 Å². The average Bonchev–Trinajstić information content (AvgIpc) is 2.65. The summed E-state index contributed by atoms with van der Waals surface area (Å²) in [5, 5.41) is 0. The van der Waals surface area contributed by atoms with E-state index in [1.807, 2.05) is 4.90 Å². The number of nitrogens with zero attached hydrogens (tertiary/aromatic N) is 3. The molecule has 0 unspecified atom stereocenters. The van der Waals surface area contributed by atoms with Crippen LogP contribution in [-0.2, 0) is 11.2 Å². The second kappa shape index (κ2) is 8.13. The molecule has 0 N–H and O–H groups in total. The van der Waals surface area contributed by atoms with Gasteiger partial charge in [0.15, 0.2) is 0 Å². The molecule has 5 nitrogen and oxygen atoms in total. The molecule has 0 spiro atoms. The van der Waals surface area contributed by atoms with Crippen LogP contribution in [0, 0.1) is 13.8 Å². The monoisotopic (exact) mass is 351 g/mol. The molecule has 1 aliphatic rings. The maximum Gasteiger partial charge on any atom is 0.255 e. The lowest BCUT2D eigenvalue weighted by Crippen LogP contribution is -2.50. The molecule has 1 aliphatic heterocycles. The Bertz CT molecular complexity index is 761. The molecular formula is C21H25N3O2. The van der Waals surface area contributed by atoms with Crippen molar-refractivity contribution >= 4 is 11.8 Å². The number of aryl methyl sites for hydroxylation is 3. The van der Waals surface area contributed by atoms with Gasteiger partial charge in [0, 0.05) is 45.0 Å². The Morgan fingerprint density at radius 3 is 2.27 bits per heavy atom. The molecule has 0 aliphatic carbocycles. The molecule has 1 aromatic carbocycles. The summed E-state index contributed by atoms with van der Waals surface area (Å²) in [5.74, 6) is 0.151. The van der Waals surface area contributed by atoms with Crippen molar-refractivity contribution in [2.45, 2.75) is 26.7 Å². The van der Waals surface area contributed by atoms with Gasteiger partial charge in [0.1, 0.15) is 0 Å². The molecular weight excluding hydrogens is 326 g/mol. The number of aromatic nitrogens is 1. The third kappa shape index (κ3) is 4.48. The normalized spacial score (nSPS) is 14.4. The Hall–Kier alpha value is -2.69. The SMILES string of the molecule is Cc1cc(C)cc(CCC(=O)N2CCN(C(=O)c3cccnc3)CC2)c1. The molecule has 136 valence electrons. The number of hydrogen-bond donors (Lipinski definition) is 0. The lowest BCUT2D eigenvalue weighted by Gasteiger charge is -2.34. The van der Waals surface area contributed by atoms with Crippen molar-refractivity contribution in [2.24, 2.45) is 0 Å². The Morgan fingerprint density at radius 2 is 1.65 bits per heavy atom. The highest BCUT2D eigenvalue weighted by molar-refractivity contribution is 5.94. The number of rotatable bonds is 4. The molecule has 0 bridgehead atoms. The molecule has 5 heteroatoms. The van der Waals surface area contributed by atoms with Gasteiger partial charge in [0.2, 0.25) is 5.91 Å². The molecule has 2 heterocycles. The van der Waals surface area contributed by atoms with E-state index in [-0.39, 0.29) is 11.8 Å². The van der Waals surface area contributed by atoms with Crippen LogP contribution in [0.25, 0.3) is 0 Å². The standard InChI is InChI=1S/C21H25N3O2/c1-16-12-17(2)14-18(13-16)5-6-20(25)23-8-10-24(11-9-23)21(26)19-4-3-7-22-15-19/h3-4,7,12-15H,5-6,8-11H2,1-2H3. The average molecular weight is 351 g/mol. The maximum absolute atomic E-state index is 12.5. The van der Waals surface area contributed by atoms with Gasteiger partial charge in [-0.1, -0.05) is 29.3 Å². The number of carbonyl (C=O) groups is 2. The Morgan fingerprint density at radius 1 is 1.00 bits per heavy atom. The van der Waals surface area contributed by atoms with Gasteiger partial charge in [-0.3, -0.25) is 14.6 Å². The molecule has 0 saturated carbocycles. The van der Waals surface area contributed by atoms with Crippen LogP contribution in [0.2, 0.25) is 0 Å². The Balaban J connectivity index is 1.50. The first-order valence-corrected chi connectivity index (χ1v) is 9.07. The minimum atomic E-state index is -0.0135. The van der Waals surface area contributed by atoms with Crippen LogP contribution in [0.4, 0.5) is 0 Å². The third-order valence-corrected chi connectivity index (χ3v) is 4.74. The Labute approximate surface area is 154 Å². The van der Waals surface area contributed by atoms with E-state index < -0.39 is 0 Å². The van der Waals surface area contributed by atoms with E-state index in [0.29, 0.717) is 38.2 Å². The molecule has 0 radical (unpaired) electrons. The molecule has 1 saturated heterocycles. The van der Waals surface area contributed by atoms with Gasteiger partial charge in [-0.05, 0) is 38.0 Å². The fourth-order valence-electron chi connectivity index (χ4n) is 3.45. The fraction of sp³-hybridized carbons (Fsp3) is 0.381. The lowest BCUT2D eigenvalue weighted by atomic mass is 10.0. The summed E-state index contributed by atoms with van der Waals surface area (Å²) in [6.07, 6.45) is 4.52. The minimum absolute atomic E-state index is 0.0135. The zero-order chi connectivity index (χ0) is 18.5. The largest absolute Gasteiger partial charge is 0.339 e. The molecule has 2 amide bonds. The number of hydrogen-bond acceptors (Lipinski definition) is 3. The molecule has 1 aromatic heterocycles. The van der Waals surface area contributed by atoms with Crippen LogP contribution in [0.1, 0.15) is 33.5 Å². The number of pyridine rings is 1. The van der Waals surface area contributed by atoms with Crippen LogP contribution >= 0.6 is 0 Å². The quantitative estimate of drug-likeness (QED) is 0.851. The predicted octanol–water partition coefficient (Wildman–Crippen LogP) is 2.62. The summed E-state index contributed by atoms with van der Waals surface area (Å²) in [6.45, 7) is 6.50. The van der Waals surface area contributed by atoms with Crippen LogP contribution in [0.5, 0.6) is 0 Å². The van der Waals surface area contributed by atoms with Crippen molar-refractivity contribution in [2.75, 3.05) is 26.2 Å².